The number of unbranched alkanes of at least 4 members (excludes halogenated alkanes) is 6. The molecule has 0 aromatic rings. The molecule has 0 radical (unpaired) electrons. The van der Waals surface area contributed by atoms with Gasteiger partial charge >= 0.3 is 0 Å². The van der Waals surface area contributed by atoms with Crippen LogP contribution >= 0.6 is 0 Å². The highest BCUT2D eigenvalue weighted by Gasteiger charge is 2.34. The van der Waals surface area contributed by atoms with E-state index in [1.165, 1.54) is 38.5 Å². The second-order valence-corrected chi connectivity index (χ2v) is 5.79. The van der Waals surface area contributed by atoms with Gasteiger partial charge in [-0.1, -0.05) is 45.4 Å². The third-order valence-corrected chi connectivity index (χ3v) is 4.03. The van der Waals surface area contributed by atoms with E-state index in [1.54, 1.807) is 6.20 Å². The molecule has 1 rings (SSSR count). The quantitative estimate of drug-likeness (QED) is 0.438. The number of carbonyl (C=O) groups excluding carboxylic acids is 1. The summed E-state index contributed by atoms with van der Waals surface area (Å²) in [5, 5.41) is 11.0. The van der Waals surface area contributed by atoms with Crippen molar-refractivity contribution in [2.75, 3.05) is 19.6 Å². The first-order chi connectivity index (χ1) is 10.1. The molecule has 1 aliphatic rings. The maximum atomic E-state index is 11.0. The molecule has 0 amide bonds. The number of hydrogen-bond donors (Lipinski definition) is 1. The molecule has 5 nitrogen and oxygen atoms in total. The number of quaternary nitrogens is 1. The summed E-state index contributed by atoms with van der Waals surface area (Å²) >= 11 is 0. The van der Waals surface area contributed by atoms with Crippen LogP contribution in [0.4, 0.5) is 0 Å². The van der Waals surface area contributed by atoms with Gasteiger partial charge < -0.3 is 15.6 Å². The maximum absolute atomic E-state index is 11.0. The smallest absolute Gasteiger partial charge is 0.207 e. The Morgan fingerprint density at radius 2 is 1.90 bits per heavy atom. The number of aliphatic imine (C=N–C) groups is 1. The highest BCUT2D eigenvalue weighted by molar-refractivity contribution is 5.80. The SMILES string of the molecule is CCCCCCCCCC1=NC=C[N+]1(CCN)CC(=O)[O-]. The standard InChI is InChI=1S/C16H29N3O2/c1-2-3-4-5-6-7-8-9-15-18-11-13-19(15,12-10-17)14-16(20)21/h11,13H,2-10,12,14,17H2,1H3. The zero-order valence-corrected chi connectivity index (χ0v) is 13.2. The van der Waals surface area contributed by atoms with Crippen molar-refractivity contribution in [1.82, 2.24) is 0 Å². The molecule has 1 aliphatic heterocycles. The molecule has 1 heterocycles. The van der Waals surface area contributed by atoms with Gasteiger partial charge in [0.15, 0.2) is 0 Å². The van der Waals surface area contributed by atoms with Gasteiger partial charge in [-0.2, -0.15) is 0 Å². The van der Waals surface area contributed by atoms with Gasteiger partial charge in [-0.3, -0.25) is 0 Å². The van der Waals surface area contributed by atoms with E-state index in [0.29, 0.717) is 13.1 Å². The minimum Gasteiger partial charge on any atom is -0.544 e. The first kappa shape index (κ1) is 17.9. The summed E-state index contributed by atoms with van der Waals surface area (Å²) in [4.78, 5) is 15.4. The van der Waals surface area contributed by atoms with Crippen molar-refractivity contribution in [3.8, 4) is 0 Å². The van der Waals surface area contributed by atoms with E-state index in [9.17, 15) is 9.90 Å². The van der Waals surface area contributed by atoms with E-state index in [2.05, 4.69) is 11.9 Å². The highest BCUT2D eigenvalue weighted by Crippen LogP contribution is 2.20. The van der Waals surface area contributed by atoms with Gasteiger partial charge in [0.25, 0.3) is 0 Å². The first-order valence-corrected chi connectivity index (χ1v) is 8.16. The Labute approximate surface area is 128 Å². The van der Waals surface area contributed by atoms with Crippen LogP contribution in [0.25, 0.3) is 0 Å². The van der Waals surface area contributed by atoms with Crippen LogP contribution in [0.5, 0.6) is 0 Å². The summed E-state index contributed by atoms with van der Waals surface area (Å²) in [6.07, 6.45) is 13.1. The Balaban J connectivity index is 2.37. The van der Waals surface area contributed by atoms with E-state index in [0.717, 1.165) is 18.7 Å². The third-order valence-electron chi connectivity index (χ3n) is 4.03. The number of amidine groups is 1. The molecule has 120 valence electrons. The molecule has 1 atom stereocenters. The second kappa shape index (κ2) is 9.68. The minimum absolute atomic E-state index is 0.0664. The van der Waals surface area contributed by atoms with E-state index in [1.807, 2.05) is 6.20 Å². The Hall–Kier alpha value is -1.20. The fourth-order valence-corrected chi connectivity index (χ4v) is 2.86. The number of hydrogen-bond acceptors (Lipinski definition) is 4. The summed E-state index contributed by atoms with van der Waals surface area (Å²) in [6.45, 7) is 3.16. The average molecular weight is 295 g/mol. The van der Waals surface area contributed by atoms with Crippen LogP contribution in [0.15, 0.2) is 17.4 Å². The number of aliphatic carboxylic acids is 1. The van der Waals surface area contributed by atoms with E-state index in [-0.39, 0.29) is 11.0 Å². The van der Waals surface area contributed by atoms with Crippen molar-refractivity contribution in [3.05, 3.63) is 12.4 Å². The van der Waals surface area contributed by atoms with Crippen molar-refractivity contribution < 1.29 is 14.4 Å². The molecule has 1 unspecified atom stereocenters. The maximum Gasteiger partial charge on any atom is 0.207 e. The van der Waals surface area contributed by atoms with Gasteiger partial charge in [0.2, 0.25) is 5.84 Å². The lowest BCUT2D eigenvalue weighted by Crippen LogP contribution is -2.55. The number of rotatable bonds is 12. The second-order valence-electron chi connectivity index (χ2n) is 5.79. The molecular formula is C16H29N3O2. The molecule has 0 aromatic heterocycles. The van der Waals surface area contributed by atoms with Gasteiger partial charge in [-0.25, -0.2) is 9.48 Å². The number of carbonyl (C=O) groups is 1. The molecule has 2 N–H and O–H groups in total. The summed E-state index contributed by atoms with van der Waals surface area (Å²) < 4.78 is 0.245. The Kier molecular flexibility index (Phi) is 8.23. The topological polar surface area (TPSA) is 78.5 Å². The minimum atomic E-state index is -1.05. The molecular weight excluding hydrogens is 266 g/mol. The monoisotopic (exact) mass is 295 g/mol. The van der Waals surface area contributed by atoms with Crippen LogP contribution in [0.2, 0.25) is 0 Å². The third kappa shape index (κ3) is 5.98. The van der Waals surface area contributed by atoms with E-state index < -0.39 is 5.97 Å². The largest absolute Gasteiger partial charge is 0.544 e. The van der Waals surface area contributed by atoms with Gasteiger partial charge in [-0.15, -0.1) is 0 Å². The number of nitrogens with zero attached hydrogens (tertiary/aromatic N) is 2. The lowest BCUT2D eigenvalue weighted by molar-refractivity contribution is -0.780. The fourth-order valence-electron chi connectivity index (χ4n) is 2.86. The summed E-state index contributed by atoms with van der Waals surface area (Å²) in [6, 6.07) is 0. The number of carboxylic acid groups (broad SMARTS) is 1. The van der Waals surface area contributed by atoms with Crippen LogP contribution in [0, 0.1) is 0 Å². The predicted octanol–water partition coefficient (Wildman–Crippen LogP) is 1.54. The Morgan fingerprint density at radius 3 is 2.52 bits per heavy atom. The lowest BCUT2D eigenvalue weighted by atomic mass is 10.1. The molecule has 0 saturated carbocycles. The van der Waals surface area contributed by atoms with Gasteiger partial charge in [0, 0.05) is 13.0 Å². The average Bonchev–Trinajstić information content (AvgIpc) is 2.80. The van der Waals surface area contributed by atoms with E-state index in [4.69, 9.17) is 5.73 Å². The van der Waals surface area contributed by atoms with Crippen molar-refractivity contribution in [2.24, 2.45) is 10.7 Å². The normalized spacial score (nSPS) is 20.8. The fraction of sp³-hybridized carbons (Fsp3) is 0.750. The Morgan fingerprint density at radius 1 is 1.24 bits per heavy atom. The molecule has 0 saturated heterocycles. The molecule has 0 fully saturated rings. The van der Waals surface area contributed by atoms with E-state index >= 15 is 0 Å². The van der Waals surface area contributed by atoms with Crippen LogP contribution in [0.3, 0.4) is 0 Å². The molecule has 0 aromatic carbocycles. The molecule has 21 heavy (non-hydrogen) atoms. The van der Waals surface area contributed by atoms with Gasteiger partial charge in [0.05, 0.1) is 12.2 Å². The number of carboxylic acids is 1. The predicted molar refractivity (Wildman–Crippen MR) is 83.2 cm³/mol. The van der Waals surface area contributed by atoms with Crippen LogP contribution < -0.4 is 10.8 Å². The van der Waals surface area contributed by atoms with Crippen molar-refractivity contribution in [1.29, 1.82) is 0 Å². The molecule has 0 aliphatic carbocycles. The molecule has 5 heteroatoms. The summed E-state index contributed by atoms with van der Waals surface area (Å²) in [5.41, 5.74) is 5.64. The zero-order chi connectivity index (χ0) is 15.6. The van der Waals surface area contributed by atoms with Crippen LogP contribution in [-0.2, 0) is 4.79 Å². The zero-order valence-electron chi connectivity index (χ0n) is 13.2. The van der Waals surface area contributed by atoms with Crippen molar-refractivity contribution in [2.45, 2.75) is 58.3 Å². The van der Waals surface area contributed by atoms with Gasteiger partial charge in [-0.05, 0) is 6.42 Å². The Bertz CT molecular complexity index is 380. The first-order valence-electron chi connectivity index (χ1n) is 8.16. The van der Waals surface area contributed by atoms with Crippen LogP contribution in [0.1, 0.15) is 58.3 Å². The summed E-state index contributed by atoms with van der Waals surface area (Å²) in [5.74, 6) is -0.138. The molecule has 0 spiro atoms. The molecule has 0 bridgehead atoms. The number of nitrogens with two attached hydrogens (primary N) is 1. The van der Waals surface area contributed by atoms with Crippen molar-refractivity contribution >= 4 is 11.8 Å². The summed E-state index contributed by atoms with van der Waals surface area (Å²) in [7, 11) is 0. The highest BCUT2D eigenvalue weighted by atomic mass is 16.4. The lowest BCUT2D eigenvalue weighted by Gasteiger charge is -2.32. The van der Waals surface area contributed by atoms with Crippen LogP contribution in [-0.4, -0.2) is 35.9 Å². The van der Waals surface area contributed by atoms with Crippen molar-refractivity contribution in [3.63, 3.8) is 0 Å². The van der Waals surface area contributed by atoms with Gasteiger partial charge in [0.1, 0.15) is 19.3 Å².